The molecule has 2 amide bonds. The summed E-state index contributed by atoms with van der Waals surface area (Å²) in [6, 6.07) is 1.64. The van der Waals surface area contributed by atoms with Gasteiger partial charge in [0.25, 0.3) is 0 Å². The van der Waals surface area contributed by atoms with E-state index < -0.39 is 0 Å². The summed E-state index contributed by atoms with van der Waals surface area (Å²) in [6.07, 6.45) is 3.12. The highest BCUT2D eigenvalue weighted by atomic mass is 16.5. The Kier molecular flexibility index (Phi) is 4.39. The first-order valence-corrected chi connectivity index (χ1v) is 6.57. The van der Waals surface area contributed by atoms with E-state index in [0.717, 1.165) is 12.8 Å². The van der Waals surface area contributed by atoms with E-state index >= 15 is 0 Å². The fourth-order valence-corrected chi connectivity index (χ4v) is 2.20. The Hall–Kier alpha value is -1.89. The minimum absolute atomic E-state index is 0.0995. The maximum Gasteiger partial charge on any atom is 0.320 e. The third-order valence-corrected chi connectivity index (χ3v) is 3.09. The second-order valence-electron chi connectivity index (χ2n) is 5.32. The summed E-state index contributed by atoms with van der Waals surface area (Å²) in [4.78, 5) is 19.8. The normalized spacial score (nSPS) is 21.1. The Morgan fingerprint density at radius 3 is 3.05 bits per heavy atom. The van der Waals surface area contributed by atoms with E-state index in [0.29, 0.717) is 12.4 Å². The molecule has 0 bridgehead atoms. The standard InChI is InChI=1S/C13H20N4O3/c1-13(2)8-9(5-7-20-13)15-11(18)16-10-4-6-14-12(17-10)19-3/h4,6,9H,5,7-8H2,1-3H3,(H2,14,15,16,17,18). The van der Waals surface area contributed by atoms with Gasteiger partial charge in [0, 0.05) is 18.8 Å². The lowest BCUT2D eigenvalue weighted by atomic mass is 9.94. The molecule has 1 aromatic rings. The molecule has 0 radical (unpaired) electrons. The van der Waals surface area contributed by atoms with Crippen molar-refractivity contribution >= 4 is 11.8 Å². The van der Waals surface area contributed by atoms with Crippen LogP contribution in [0.2, 0.25) is 0 Å². The first-order valence-electron chi connectivity index (χ1n) is 6.57. The molecule has 0 aliphatic carbocycles. The smallest absolute Gasteiger partial charge is 0.320 e. The number of anilines is 1. The van der Waals surface area contributed by atoms with Gasteiger partial charge in [-0.25, -0.2) is 9.78 Å². The van der Waals surface area contributed by atoms with Gasteiger partial charge >= 0.3 is 12.0 Å². The van der Waals surface area contributed by atoms with Crippen molar-refractivity contribution in [1.82, 2.24) is 15.3 Å². The number of rotatable bonds is 3. The number of methoxy groups -OCH3 is 1. The van der Waals surface area contributed by atoms with Crippen LogP contribution in [0.3, 0.4) is 0 Å². The van der Waals surface area contributed by atoms with Crippen LogP contribution in [0.5, 0.6) is 6.01 Å². The van der Waals surface area contributed by atoms with Gasteiger partial charge in [0.2, 0.25) is 0 Å². The zero-order valence-electron chi connectivity index (χ0n) is 12.0. The van der Waals surface area contributed by atoms with Crippen molar-refractivity contribution in [3.05, 3.63) is 12.3 Å². The van der Waals surface area contributed by atoms with Crippen LogP contribution in [0.15, 0.2) is 12.3 Å². The Labute approximate surface area is 118 Å². The molecular weight excluding hydrogens is 260 g/mol. The van der Waals surface area contributed by atoms with Gasteiger partial charge in [-0.1, -0.05) is 0 Å². The second kappa shape index (κ2) is 6.04. The minimum Gasteiger partial charge on any atom is -0.467 e. The first-order chi connectivity index (χ1) is 9.48. The van der Waals surface area contributed by atoms with Gasteiger partial charge in [-0.3, -0.25) is 5.32 Å². The monoisotopic (exact) mass is 280 g/mol. The summed E-state index contributed by atoms with van der Waals surface area (Å²) >= 11 is 0. The zero-order chi connectivity index (χ0) is 14.6. The average Bonchev–Trinajstić information content (AvgIpc) is 2.37. The number of hydrogen-bond acceptors (Lipinski definition) is 5. The lowest BCUT2D eigenvalue weighted by molar-refractivity contribution is -0.0609. The summed E-state index contributed by atoms with van der Waals surface area (Å²) < 4.78 is 10.5. The number of carbonyl (C=O) groups is 1. The van der Waals surface area contributed by atoms with Crippen LogP contribution in [-0.4, -0.2) is 41.4 Å². The molecule has 1 aromatic heterocycles. The van der Waals surface area contributed by atoms with E-state index in [2.05, 4.69) is 20.6 Å². The molecule has 1 unspecified atom stereocenters. The Bertz CT molecular complexity index is 478. The van der Waals surface area contributed by atoms with E-state index in [1.807, 2.05) is 13.8 Å². The van der Waals surface area contributed by atoms with Crippen molar-refractivity contribution < 1.29 is 14.3 Å². The largest absolute Gasteiger partial charge is 0.467 e. The van der Waals surface area contributed by atoms with Crippen molar-refractivity contribution in [1.29, 1.82) is 0 Å². The van der Waals surface area contributed by atoms with E-state index in [1.54, 1.807) is 6.07 Å². The number of nitrogens with one attached hydrogen (secondary N) is 2. The van der Waals surface area contributed by atoms with E-state index in [1.165, 1.54) is 13.3 Å². The van der Waals surface area contributed by atoms with Crippen LogP contribution in [0, 0.1) is 0 Å². The highest BCUT2D eigenvalue weighted by molar-refractivity contribution is 5.88. The summed E-state index contributed by atoms with van der Waals surface area (Å²) in [5.41, 5.74) is -0.200. The number of hydrogen-bond donors (Lipinski definition) is 2. The van der Waals surface area contributed by atoms with E-state index in [-0.39, 0.29) is 23.7 Å². The quantitative estimate of drug-likeness (QED) is 0.877. The van der Waals surface area contributed by atoms with Crippen molar-refractivity contribution in [2.24, 2.45) is 0 Å². The highest BCUT2D eigenvalue weighted by Crippen LogP contribution is 2.23. The third kappa shape index (κ3) is 4.06. The molecule has 1 aliphatic heterocycles. The number of amides is 2. The molecule has 7 heteroatoms. The molecule has 0 spiro atoms. The number of nitrogens with zero attached hydrogens (tertiary/aromatic N) is 2. The lowest BCUT2D eigenvalue weighted by Crippen LogP contribution is -2.47. The molecular formula is C13H20N4O3. The molecule has 1 aliphatic rings. The van der Waals surface area contributed by atoms with Crippen LogP contribution in [0.1, 0.15) is 26.7 Å². The Morgan fingerprint density at radius 2 is 2.35 bits per heavy atom. The molecule has 0 aromatic carbocycles. The molecule has 1 saturated heterocycles. The summed E-state index contributed by atoms with van der Waals surface area (Å²) in [7, 11) is 1.48. The number of aromatic nitrogens is 2. The summed E-state index contributed by atoms with van der Waals surface area (Å²) in [5.74, 6) is 0.403. The molecule has 110 valence electrons. The van der Waals surface area contributed by atoms with Gasteiger partial charge in [0.1, 0.15) is 5.82 Å². The van der Waals surface area contributed by atoms with E-state index in [4.69, 9.17) is 9.47 Å². The van der Waals surface area contributed by atoms with Crippen molar-refractivity contribution in [3.8, 4) is 6.01 Å². The van der Waals surface area contributed by atoms with Gasteiger partial charge < -0.3 is 14.8 Å². The van der Waals surface area contributed by atoms with Crippen LogP contribution >= 0.6 is 0 Å². The van der Waals surface area contributed by atoms with Crippen LogP contribution in [0.4, 0.5) is 10.6 Å². The molecule has 2 heterocycles. The highest BCUT2D eigenvalue weighted by Gasteiger charge is 2.29. The predicted molar refractivity (Wildman–Crippen MR) is 73.8 cm³/mol. The van der Waals surface area contributed by atoms with Crippen molar-refractivity contribution in [3.63, 3.8) is 0 Å². The first kappa shape index (κ1) is 14.5. The second-order valence-corrected chi connectivity index (χ2v) is 5.32. The third-order valence-electron chi connectivity index (χ3n) is 3.09. The van der Waals surface area contributed by atoms with Crippen LogP contribution < -0.4 is 15.4 Å². The van der Waals surface area contributed by atoms with Gasteiger partial charge in [0.15, 0.2) is 0 Å². The summed E-state index contributed by atoms with van der Waals surface area (Å²) in [5, 5.41) is 5.60. The predicted octanol–water partition coefficient (Wildman–Crippen LogP) is 1.56. The van der Waals surface area contributed by atoms with Crippen molar-refractivity contribution in [2.45, 2.75) is 38.3 Å². The molecule has 7 nitrogen and oxygen atoms in total. The molecule has 1 fully saturated rings. The van der Waals surface area contributed by atoms with Crippen LogP contribution in [0.25, 0.3) is 0 Å². The molecule has 1 atom stereocenters. The Balaban J connectivity index is 1.88. The fraction of sp³-hybridized carbons (Fsp3) is 0.615. The van der Waals surface area contributed by atoms with Gasteiger partial charge in [-0.2, -0.15) is 4.98 Å². The fourth-order valence-electron chi connectivity index (χ4n) is 2.20. The Morgan fingerprint density at radius 1 is 1.55 bits per heavy atom. The molecule has 20 heavy (non-hydrogen) atoms. The zero-order valence-corrected chi connectivity index (χ0v) is 12.0. The minimum atomic E-state index is -0.284. The maximum atomic E-state index is 11.9. The van der Waals surface area contributed by atoms with Gasteiger partial charge in [-0.05, 0) is 32.8 Å². The van der Waals surface area contributed by atoms with E-state index in [9.17, 15) is 4.79 Å². The molecule has 2 N–H and O–H groups in total. The van der Waals surface area contributed by atoms with Crippen LogP contribution in [-0.2, 0) is 4.74 Å². The number of ether oxygens (including phenoxy) is 2. The topological polar surface area (TPSA) is 85.4 Å². The SMILES string of the molecule is COc1nccc(NC(=O)NC2CCOC(C)(C)C2)n1. The van der Waals surface area contributed by atoms with Gasteiger partial charge in [-0.15, -0.1) is 0 Å². The molecule has 0 saturated carbocycles. The molecule has 2 rings (SSSR count). The van der Waals surface area contributed by atoms with Gasteiger partial charge in [0.05, 0.1) is 12.7 Å². The maximum absolute atomic E-state index is 11.9. The summed E-state index contributed by atoms with van der Waals surface area (Å²) in [6.45, 7) is 4.70. The lowest BCUT2D eigenvalue weighted by Gasteiger charge is -2.35. The number of carbonyl (C=O) groups excluding carboxylic acids is 1. The number of urea groups is 1. The van der Waals surface area contributed by atoms with Crippen molar-refractivity contribution in [2.75, 3.05) is 19.0 Å². The average molecular weight is 280 g/mol.